The fourth-order valence-electron chi connectivity index (χ4n) is 2.00. The van der Waals surface area contributed by atoms with Gasteiger partial charge >= 0.3 is 0 Å². The highest BCUT2D eigenvalue weighted by atomic mass is 79.9. The van der Waals surface area contributed by atoms with Gasteiger partial charge in [0.15, 0.2) is 0 Å². The standard InChI is InChI=1S/C14H19BrFN/c1-10(6-7-17-13-3-4-13)8-11-9-12(15)2-5-14(11)16/h2,5,9-10,13,17H,3-4,6-8H2,1H3. The second-order valence-corrected chi connectivity index (χ2v) is 5.98. The molecular weight excluding hydrogens is 281 g/mol. The van der Waals surface area contributed by atoms with Gasteiger partial charge in [0.1, 0.15) is 5.82 Å². The molecule has 1 aliphatic rings. The van der Waals surface area contributed by atoms with Crippen molar-refractivity contribution in [1.82, 2.24) is 5.32 Å². The number of halogens is 2. The van der Waals surface area contributed by atoms with E-state index < -0.39 is 0 Å². The summed E-state index contributed by atoms with van der Waals surface area (Å²) in [5.74, 6) is 0.431. The van der Waals surface area contributed by atoms with Crippen molar-refractivity contribution >= 4 is 15.9 Å². The molecule has 1 fully saturated rings. The Balaban J connectivity index is 1.79. The van der Waals surface area contributed by atoms with Crippen molar-refractivity contribution in [1.29, 1.82) is 0 Å². The van der Waals surface area contributed by atoms with Crippen LogP contribution >= 0.6 is 15.9 Å². The largest absolute Gasteiger partial charge is 0.314 e. The summed E-state index contributed by atoms with van der Waals surface area (Å²) in [6.45, 7) is 3.25. The average Bonchev–Trinajstić information content (AvgIpc) is 3.07. The minimum Gasteiger partial charge on any atom is -0.314 e. The average molecular weight is 300 g/mol. The normalized spacial score (nSPS) is 17.1. The lowest BCUT2D eigenvalue weighted by molar-refractivity contribution is 0.485. The fraction of sp³-hybridized carbons (Fsp3) is 0.571. The molecule has 3 heteroatoms. The summed E-state index contributed by atoms with van der Waals surface area (Å²) >= 11 is 3.39. The Morgan fingerprint density at radius 2 is 2.24 bits per heavy atom. The van der Waals surface area contributed by atoms with Crippen molar-refractivity contribution in [2.75, 3.05) is 6.54 Å². The van der Waals surface area contributed by atoms with Crippen LogP contribution < -0.4 is 5.32 Å². The Labute approximate surface area is 111 Å². The van der Waals surface area contributed by atoms with Gasteiger partial charge in [-0.15, -0.1) is 0 Å². The zero-order chi connectivity index (χ0) is 12.3. The topological polar surface area (TPSA) is 12.0 Å². The van der Waals surface area contributed by atoms with Crippen molar-refractivity contribution in [2.24, 2.45) is 5.92 Å². The Morgan fingerprint density at radius 3 is 2.94 bits per heavy atom. The van der Waals surface area contributed by atoms with Crippen LogP contribution in [0.3, 0.4) is 0 Å². The number of hydrogen-bond acceptors (Lipinski definition) is 1. The smallest absolute Gasteiger partial charge is 0.126 e. The quantitative estimate of drug-likeness (QED) is 0.840. The number of nitrogens with one attached hydrogen (secondary N) is 1. The molecule has 1 aromatic rings. The van der Waals surface area contributed by atoms with Crippen LogP contribution in [-0.4, -0.2) is 12.6 Å². The van der Waals surface area contributed by atoms with Gasteiger partial charge in [-0.3, -0.25) is 0 Å². The zero-order valence-corrected chi connectivity index (χ0v) is 11.8. The van der Waals surface area contributed by atoms with E-state index >= 15 is 0 Å². The minimum absolute atomic E-state index is 0.0878. The van der Waals surface area contributed by atoms with E-state index in [1.807, 2.05) is 6.07 Å². The Hall–Kier alpha value is -0.410. The second-order valence-electron chi connectivity index (χ2n) is 5.06. The Morgan fingerprint density at radius 1 is 1.47 bits per heavy atom. The number of hydrogen-bond donors (Lipinski definition) is 1. The molecule has 0 bridgehead atoms. The van der Waals surface area contributed by atoms with Gasteiger partial charge in [0.2, 0.25) is 0 Å². The van der Waals surface area contributed by atoms with Crippen molar-refractivity contribution in [3.8, 4) is 0 Å². The van der Waals surface area contributed by atoms with Crippen molar-refractivity contribution in [3.63, 3.8) is 0 Å². The predicted molar refractivity (Wildman–Crippen MR) is 72.6 cm³/mol. The molecule has 1 nitrogen and oxygen atoms in total. The fourth-order valence-corrected chi connectivity index (χ4v) is 2.41. The van der Waals surface area contributed by atoms with Gasteiger partial charge in [-0.1, -0.05) is 22.9 Å². The summed E-state index contributed by atoms with van der Waals surface area (Å²) < 4.78 is 14.5. The summed E-state index contributed by atoms with van der Waals surface area (Å²) in [5.41, 5.74) is 0.818. The maximum absolute atomic E-state index is 13.6. The third kappa shape index (κ3) is 4.40. The van der Waals surface area contributed by atoms with Crippen LogP contribution in [0.4, 0.5) is 4.39 Å². The molecule has 1 aromatic carbocycles. The van der Waals surface area contributed by atoms with Crippen LogP contribution in [0.5, 0.6) is 0 Å². The summed E-state index contributed by atoms with van der Waals surface area (Å²) in [5, 5.41) is 3.50. The third-order valence-corrected chi connectivity index (χ3v) is 3.72. The van der Waals surface area contributed by atoms with Crippen LogP contribution in [0.1, 0.15) is 31.7 Å². The van der Waals surface area contributed by atoms with E-state index in [1.54, 1.807) is 6.07 Å². The van der Waals surface area contributed by atoms with Gasteiger partial charge in [0.25, 0.3) is 0 Å². The zero-order valence-electron chi connectivity index (χ0n) is 10.2. The second kappa shape index (κ2) is 5.96. The molecule has 0 heterocycles. The van der Waals surface area contributed by atoms with E-state index in [4.69, 9.17) is 0 Å². The summed E-state index contributed by atoms with van der Waals surface area (Å²) in [6, 6.07) is 5.94. The van der Waals surface area contributed by atoms with E-state index in [2.05, 4.69) is 28.2 Å². The molecule has 1 N–H and O–H groups in total. The van der Waals surface area contributed by atoms with Gasteiger partial charge in [0.05, 0.1) is 0 Å². The molecule has 1 unspecified atom stereocenters. The lowest BCUT2D eigenvalue weighted by atomic mass is 9.98. The molecule has 17 heavy (non-hydrogen) atoms. The SMILES string of the molecule is CC(CCNC1CC1)Cc1cc(Br)ccc1F. The molecule has 1 aliphatic carbocycles. The molecule has 1 atom stereocenters. The van der Waals surface area contributed by atoms with Gasteiger partial charge in [-0.2, -0.15) is 0 Å². The highest BCUT2D eigenvalue weighted by Gasteiger charge is 2.20. The lowest BCUT2D eigenvalue weighted by Gasteiger charge is -2.12. The van der Waals surface area contributed by atoms with Gasteiger partial charge in [-0.25, -0.2) is 4.39 Å². The molecular formula is C14H19BrFN. The Kier molecular flexibility index (Phi) is 4.57. The van der Waals surface area contributed by atoms with E-state index in [-0.39, 0.29) is 5.82 Å². The first-order chi connectivity index (χ1) is 8.15. The molecule has 0 aliphatic heterocycles. The van der Waals surface area contributed by atoms with Gasteiger partial charge < -0.3 is 5.32 Å². The van der Waals surface area contributed by atoms with Crippen LogP contribution in [0.15, 0.2) is 22.7 Å². The van der Waals surface area contributed by atoms with E-state index in [0.717, 1.165) is 35.5 Å². The molecule has 1 saturated carbocycles. The minimum atomic E-state index is -0.0878. The maximum Gasteiger partial charge on any atom is 0.126 e. The van der Waals surface area contributed by atoms with Crippen LogP contribution in [0.25, 0.3) is 0 Å². The molecule has 0 radical (unpaired) electrons. The van der Waals surface area contributed by atoms with Crippen molar-refractivity contribution in [2.45, 2.75) is 38.6 Å². The Bertz CT molecular complexity index is 376. The van der Waals surface area contributed by atoms with E-state index in [1.165, 1.54) is 18.9 Å². The highest BCUT2D eigenvalue weighted by Crippen LogP contribution is 2.21. The van der Waals surface area contributed by atoms with Gasteiger partial charge in [0, 0.05) is 10.5 Å². The summed E-state index contributed by atoms with van der Waals surface area (Å²) in [7, 11) is 0. The number of benzene rings is 1. The molecule has 0 saturated heterocycles. The molecule has 94 valence electrons. The highest BCUT2D eigenvalue weighted by molar-refractivity contribution is 9.10. The lowest BCUT2D eigenvalue weighted by Crippen LogP contribution is -2.20. The van der Waals surface area contributed by atoms with Gasteiger partial charge in [-0.05, 0) is 61.9 Å². The first-order valence-corrected chi connectivity index (χ1v) is 7.12. The summed E-state index contributed by atoms with van der Waals surface area (Å²) in [4.78, 5) is 0. The molecule has 0 aromatic heterocycles. The van der Waals surface area contributed by atoms with Crippen LogP contribution in [0, 0.1) is 11.7 Å². The maximum atomic E-state index is 13.6. The molecule has 0 spiro atoms. The van der Waals surface area contributed by atoms with Crippen LogP contribution in [0.2, 0.25) is 0 Å². The summed E-state index contributed by atoms with van der Waals surface area (Å²) in [6.07, 6.45) is 4.59. The molecule has 2 rings (SSSR count). The monoisotopic (exact) mass is 299 g/mol. The number of rotatable bonds is 6. The molecule has 0 amide bonds. The van der Waals surface area contributed by atoms with E-state index in [0.29, 0.717) is 5.92 Å². The van der Waals surface area contributed by atoms with E-state index in [9.17, 15) is 4.39 Å². The van der Waals surface area contributed by atoms with Crippen LogP contribution in [-0.2, 0) is 6.42 Å². The third-order valence-electron chi connectivity index (χ3n) is 3.22. The first kappa shape index (κ1) is 13.0. The predicted octanol–water partition coefficient (Wildman–Crippen LogP) is 3.91. The van der Waals surface area contributed by atoms with Crippen molar-refractivity contribution < 1.29 is 4.39 Å². The van der Waals surface area contributed by atoms with Crippen molar-refractivity contribution in [3.05, 3.63) is 34.1 Å². The first-order valence-electron chi connectivity index (χ1n) is 6.32.